The number of benzene rings is 1. The van der Waals surface area contributed by atoms with Crippen LogP contribution in [0, 0.1) is 11.7 Å². The van der Waals surface area contributed by atoms with Crippen molar-refractivity contribution in [1.82, 2.24) is 15.5 Å². The van der Waals surface area contributed by atoms with Crippen molar-refractivity contribution in [3.05, 3.63) is 35.6 Å². The summed E-state index contributed by atoms with van der Waals surface area (Å²) >= 11 is 0. The number of nitrogens with zero attached hydrogens (tertiary/aromatic N) is 2. The Labute approximate surface area is 162 Å². The highest BCUT2D eigenvalue weighted by Gasteiger charge is 2.20. The Kier molecular flexibility index (Phi) is 9.58. The van der Waals surface area contributed by atoms with E-state index in [1.54, 1.807) is 19.2 Å². The first kappa shape index (κ1) is 21.2. The van der Waals surface area contributed by atoms with Crippen molar-refractivity contribution in [3.63, 3.8) is 0 Å². The van der Waals surface area contributed by atoms with Crippen LogP contribution in [0.15, 0.2) is 29.3 Å². The molecular weight excluding hydrogens is 418 g/mol. The Morgan fingerprint density at radius 1 is 1.25 bits per heavy atom. The third-order valence-electron chi connectivity index (χ3n) is 4.60. The maximum absolute atomic E-state index is 12.9. The lowest BCUT2D eigenvalue weighted by Gasteiger charge is -2.35. The van der Waals surface area contributed by atoms with E-state index in [1.165, 1.54) is 38.1 Å². The van der Waals surface area contributed by atoms with Crippen molar-refractivity contribution in [1.29, 1.82) is 0 Å². The molecule has 0 radical (unpaired) electrons. The molecule has 1 aromatic rings. The van der Waals surface area contributed by atoms with E-state index in [1.807, 2.05) is 0 Å². The van der Waals surface area contributed by atoms with Crippen molar-refractivity contribution in [2.75, 3.05) is 26.7 Å². The van der Waals surface area contributed by atoms with Gasteiger partial charge in [0, 0.05) is 26.2 Å². The van der Waals surface area contributed by atoms with Crippen molar-refractivity contribution in [2.45, 2.75) is 39.3 Å². The summed E-state index contributed by atoms with van der Waals surface area (Å²) in [6, 6.07) is 7.02. The van der Waals surface area contributed by atoms with Crippen LogP contribution in [-0.4, -0.2) is 43.6 Å². The molecule has 6 heteroatoms. The van der Waals surface area contributed by atoms with Crippen LogP contribution in [0.4, 0.5) is 4.39 Å². The lowest BCUT2D eigenvalue weighted by atomic mass is 9.98. The Morgan fingerprint density at radius 3 is 2.46 bits per heavy atom. The number of aliphatic imine (C=N–C) groups is 1. The minimum atomic E-state index is -0.207. The molecule has 0 amide bonds. The van der Waals surface area contributed by atoms with E-state index < -0.39 is 0 Å². The first-order chi connectivity index (χ1) is 11.1. The van der Waals surface area contributed by atoms with Crippen molar-refractivity contribution in [3.8, 4) is 0 Å². The smallest absolute Gasteiger partial charge is 0.191 e. The predicted molar refractivity (Wildman–Crippen MR) is 109 cm³/mol. The summed E-state index contributed by atoms with van der Waals surface area (Å²) < 4.78 is 12.9. The second-order valence-corrected chi connectivity index (χ2v) is 6.50. The normalized spacial score (nSPS) is 17.9. The van der Waals surface area contributed by atoms with Crippen LogP contribution < -0.4 is 10.6 Å². The number of hydrogen-bond acceptors (Lipinski definition) is 2. The van der Waals surface area contributed by atoms with Gasteiger partial charge < -0.3 is 10.6 Å². The highest BCUT2D eigenvalue weighted by molar-refractivity contribution is 14.0. The van der Waals surface area contributed by atoms with E-state index >= 15 is 0 Å². The molecule has 1 unspecified atom stereocenters. The summed E-state index contributed by atoms with van der Waals surface area (Å²) in [6.45, 7) is 8.47. The van der Waals surface area contributed by atoms with Crippen LogP contribution in [-0.2, 0) is 6.54 Å². The van der Waals surface area contributed by atoms with Gasteiger partial charge in [-0.15, -0.1) is 24.0 Å². The molecule has 0 bridgehead atoms. The molecule has 0 saturated carbocycles. The second-order valence-electron chi connectivity index (χ2n) is 6.50. The van der Waals surface area contributed by atoms with E-state index in [0.29, 0.717) is 12.6 Å². The number of halogens is 2. The van der Waals surface area contributed by atoms with Gasteiger partial charge in [-0.1, -0.05) is 19.1 Å². The number of likely N-dealkylation sites (tertiary alicyclic amines) is 1. The minimum Gasteiger partial charge on any atom is -0.355 e. The number of guanidine groups is 1. The third-order valence-corrected chi connectivity index (χ3v) is 4.60. The molecule has 4 nitrogen and oxygen atoms in total. The molecule has 1 aliphatic rings. The van der Waals surface area contributed by atoms with E-state index in [4.69, 9.17) is 0 Å². The van der Waals surface area contributed by atoms with Gasteiger partial charge in [0.1, 0.15) is 5.82 Å². The van der Waals surface area contributed by atoms with Gasteiger partial charge in [-0.3, -0.25) is 9.89 Å². The highest BCUT2D eigenvalue weighted by Crippen LogP contribution is 2.17. The predicted octanol–water partition coefficient (Wildman–Crippen LogP) is 3.23. The molecule has 0 aromatic heterocycles. The van der Waals surface area contributed by atoms with Crippen molar-refractivity contribution in [2.24, 2.45) is 10.9 Å². The maximum Gasteiger partial charge on any atom is 0.191 e. The molecular formula is C18H30FIN4. The highest BCUT2D eigenvalue weighted by atomic mass is 127. The summed E-state index contributed by atoms with van der Waals surface area (Å²) in [7, 11) is 1.77. The molecule has 1 saturated heterocycles. The van der Waals surface area contributed by atoms with Crippen LogP contribution in [0.3, 0.4) is 0 Å². The van der Waals surface area contributed by atoms with Crippen LogP contribution in [0.5, 0.6) is 0 Å². The summed E-state index contributed by atoms with van der Waals surface area (Å²) in [4.78, 5) is 6.79. The minimum absolute atomic E-state index is 0. The zero-order valence-corrected chi connectivity index (χ0v) is 17.2. The summed E-state index contributed by atoms with van der Waals surface area (Å²) in [5, 5.41) is 6.65. The van der Waals surface area contributed by atoms with E-state index in [2.05, 4.69) is 34.4 Å². The number of nitrogens with one attached hydrogen (secondary N) is 2. The zero-order valence-electron chi connectivity index (χ0n) is 14.9. The Bertz CT molecular complexity index is 498. The quantitative estimate of drug-likeness (QED) is 0.413. The van der Waals surface area contributed by atoms with Gasteiger partial charge in [-0.05, 0) is 56.5 Å². The van der Waals surface area contributed by atoms with Gasteiger partial charge in [0.05, 0.1) is 0 Å². The number of hydrogen-bond donors (Lipinski definition) is 2. The lowest BCUT2D eigenvalue weighted by Crippen LogP contribution is -2.47. The fourth-order valence-electron chi connectivity index (χ4n) is 2.85. The summed E-state index contributed by atoms with van der Waals surface area (Å²) in [5.41, 5.74) is 1.03. The molecule has 2 N–H and O–H groups in total. The molecule has 0 spiro atoms. The third kappa shape index (κ3) is 6.93. The van der Waals surface area contributed by atoms with Crippen LogP contribution in [0.2, 0.25) is 0 Å². The standard InChI is InChI=1S/C18H29FN4.HI/c1-14-8-10-23(11-9-14)15(2)12-21-18(20-3)22-13-16-4-6-17(19)7-5-16;/h4-7,14-15H,8-13H2,1-3H3,(H2,20,21,22);1H. The van der Waals surface area contributed by atoms with Gasteiger partial charge >= 0.3 is 0 Å². The van der Waals surface area contributed by atoms with Gasteiger partial charge in [0.25, 0.3) is 0 Å². The van der Waals surface area contributed by atoms with Crippen LogP contribution in [0.25, 0.3) is 0 Å². The fraction of sp³-hybridized carbons (Fsp3) is 0.611. The molecule has 1 fully saturated rings. The molecule has 0 aliphatic carbocycles. The SMILES string of the molecule is CN=C(NCc1ccc(F)cc1)NCC(C)N1CCC(C)CC1.I. The largest absolute Gasteiger partial charge is 0.355 e. The summed E-state index contributed by atoms with van der Waals surface area (Å²) in [6.07, 6.45) is 2.59. The van der Waals surface area contributed by atoms with E-state index in [0.717, 1.165) is 24.0 Å². The van der Waals surface area contributed by atoms with Crippen LogP contribution >= 0.6 is 24.0 Å². The number of piperidine rings is 1. The average molecular weight is 448 g/mol. The average Bonchev–Trinajstić information content (AvgIpc) is 2.57. The first-order valence-electron chi connectivity index (χ1n) is 8.51. The lowest BCUT2D eigenvalue weighted by molar-refractivity contribution is 0.147. The first-order valence-corrected chi connectivity index (χ1v) is 8.51. The molecule has 1 aromatic carbocycles. The van der Waals surface area contributed by atoms with Gasteiger partial charge in [0.15, 0.2) is 5.96 Å². The molecule has 24 heavy (non-hydrogen) atoms. The van der Waals surface area contributed by atoms with Crippen molar-refractivity contribution >= 4 is 29.9 Å². The van der Waals surface area contributed by atoms with E-state index in [-0.39, 0.29) is 29.8 Å². The molecule has 136 valence electrons. The van der Waals surface area contributed by atoms with Gasteiger partial charge in [-0.2, -0.15) is 0 Å². The van der Waals surface area contributed by atoms with Gasteiger partial charge in [-0.25, -0.2) is 4.39 Å². The molecule has 1 atom stereocenters. The van der Waals surface area contributed by atoms with Crippen molar-refractivity contribution < 1.29 is 4.39 Å². The molecule has 1 aliphatic heterocycles. The van der Waals surface area contributed by atoms with Crippen LogP contribution in [0.1, 0.15) is 32.3 Å². The molecule has 2 rings (SSSR count). The Balaban J connectivity index is 0.00000288. The zero-order chi connectivity index (χ0) is 16.7. The second kappa shape index (κ2) is 10.9. The topological polar surface area (TPSA) is 39.7 Å². The Morgan fingerprint density at radius 2 is 1.88 bits per heavy atom. The summed E-state index contributed by atoms with van der Waals surface area (Å²) in [5.74, 6) is 1.43. The van der Waals surface area contributed by atoms with Gasteiger partial charge in [0.2, 0.25) is 0 Å². The fourth-order valence-corrected chi connectivity index (χ4v) is 2.85. The Hall–Kier alpha value is -0.890. The van der Waals surface area contributed by atoms with E-state index in [9.17, 15) is 4.39 Å². The maximum atomic E-state index is 12.9. The number of rotatable bonds is 5. The monoisotopic (exact) mass is 448 g/mol. The molecule has 1 heterocycles.